The number of nitrogens with zero attached hydrogens (tertiary/aromatic N) is 2. The van der Waals surface area contributed by atoms with E-state index in [1.165, 1.54) is 34.9 Å². The van der Waals surface area contributed by atoms with Crippen molar-refractivity contribution in [2.45, 2.75) is 13.2 Å². The first-order chi connectivity index (χ1) is 12.4. The first-order valence-electron chi connectivity index (χ1n) is 7.19. The number of primary amides is 1. The van der Waals surface area contributed by atoms with Crippen molar-refractivity contribution in [2.75, 3.05) is 0 Å². The molecule has 2 aromatic rings. The Morgan fingerprint density at radius 3 is 2.73 bits per heavy atom. The molecular formula is C17H13F2N3O3S. The lowest BCUT2D eigenvalue weighted by molar-refractivity contribution is -0.112. The molecule has 0 bridgehead atoms. The summed E-state index contributed by atoms with van der Waals surface area (Å²) in [6, 6.07) is 7.62. The Balaban J connectivity index is 2.80. The third-order valence-electron chi connectivity index (χ3n) is 3.21. The summed E-state index contributed by atoms with van der Waals surface area (Å²) in [6.07, 6.45) is 2.77. The van der Waals surface area contributed by atoms with Gasteiger partial charge in [-0.05, 0) is 12.1 Å². The van der Waals surface area contributed by atoms with E-state index in [1.807, 2.05) is 0 Å². The fraction of sp³-hybridized carbons (Fsp3) is 0.118. The summed E-state index contributed by atoms with van der Waals surface area (Å²) in [6.45, 7) is 0.560. The Morgan fingerprint density at radius 1 is 1.46 bits per heavy atom. The molecule has 2 rings (SSSR count). The number of hydrogen-bond acceptors (Lipinski definition) is 5. The number of hydrogen-bond donors (Lipinski definition) is 1. The van der Waals surface area contributed by atoms with E-state index >= 15 is 0 Å². The first kappa shape index (κ1) is 19.1. The minimum absolute atomic E-state index is 0.0478. The molecule has 1 heterocycles. The number of benzene rings is 1. The molecule has 1 amide bonds. The fourth-order valence-corrected chi connectivity index (χ4v) is 3.26. The van der Waals surface area contributed by atoms with Crippen molar-refractivity contribution < 1.29 is 18.3 Å². The Bertz CT molecular complexity index is 1060. The Hall–Kier alpha value is -3.25. The molecule has 0 aliphatic carbocycles. The zero-order valence-corrected chi connectivity index (χ0v) is 14.1. The lowest BCUT2D eigenvalue weighted by Gasteiger charge is -2.06. The van der Waals surface area contributed by atoms with E-state index in [9.17, 15) is 18.4 Å². The first-order valence-corrected chi connectivity index (χ1v) is 8.01. The average molecular weight is 377 g/mol. The van der Waals surface area contributed by atoms with Gasteiger partial charge in [-0.2, -0.15) is 14.0 Å². The SMILES string of the molecule is C=CCn1c(=O)/c(=C/c2ccccc2OC(F)F)s/c1=C(\C#N)C(N)=O. The molecule has 26 heavy (non-hydrogen) atoms. The number of nitriles is 1. The largest absolute Gasteiger partial charge is 0.434 e. The van der Waals surface area contributed by atoms with Crippen LogP contribution in [-0.2, 0) is 11.3 Å². The van der Waals surface area contributed by atoms with E-state index in [2.05, 4.69) is 11.3 Å². The monoisotopic (exact) mass is 377 g/mol. The predicted molar refractivity (Wildman–Crippen MR) is 92.9 cm³/mol. The molecule has 0 saturated heterocycles. The van der Waals surface area contributed by atoms with Crippen LogP contribution in [0.5, 0.6) is 5.75 Å². The Morgan fingerprint density at radius 2 is 2.15 bits per heavy atom. The summed E-state index contributed by atoms with van der Waals surface area (Å²) >= 11 is 0.853. The van der Waals surface area contributed by atoms with Gasteiger partial charge >= 0.3 is 6.61 Å². The minimum atomic E-state index is -3.02. The van der Waals surface area contributed by atoms with Crippen LogP contribution < -0.4 is 25.2 Å². The molecule has 9 heteroatoms. The van der Waals surface area contributed by atoms with Gasteiger partial charge in [0.15, 0.2) is 5.57 Å². The molecule has 0 fully saturated rings. The van der Waals surface area contributed by atoms with Gasteiger partial charge in [0.25, 0.3) is 11.5 Å². The van der Waals surface area contributed by atoms with Crippen molar-refractivity contribution in [1.29, 1.82) is 5.26 Å². The number of amides is 1. The van der Waals surface area contributed by atoms with Crippen LogP contribution in [0.2, 0.25) is 0 Å². The van der Waals surface area contributed by atoms with E-state index in [0.717, 1.165) is 11.3 Å². The van der Waals surface area contributed by atoms with E-state index in [1.54, 1.807) is 12.1 Å². The van der Waals surface area contributed by atoms with Gasteiger partial charge in [0.05, 0.1) is 4.53 Å². The second-order valence-corrected chi connectivity index (χ2v) is 5.92. The molecule has 2 N–H and O–H groups in total. The molecule has 0 unspecified atom stereocenters. The van der Waals surface area contributed by atoms with Crippen LogP contribution in [0.3, 0.4) is 0 Å². The number of halogens is 2. The van der Waals surface area contributed by atoms with Gasteiger partial charge in [-0.1, -0.05) is 24.3 Å². The van der Waals surface area contributed by atoms with E-state index in [4.69, 9.17) is 11.0 Å². The van der Waals surface area contributed by atoms with Crippen molar-refractivity contribution in [1.82, 2.24) is 4.57 Å². The molecule has 0 saturated carbocycles. The van der Waals surface area contributed by atoms with Crippen LogP contribution in [0.1, 0.15) is 5.56 Å². The molecule has 0 spiro atoms. The van der Waals surface area contributed by atoms with E-state index in [-0.39, 0.29) is 32.6 Å². The third kappa shape index (κ3) is 4.04. The van der Waals surface area contributed by atoms with Gasteiger partial charge in [0.1, 0.15) is 16.5 Å². The van der Waals surface area contributed by atoms with E-state index in [0.29, 0.717) is 0 Å². The quantitative estimate of drug-likeness (QED) is 0.749. The summed E-state index contributed by atoms with van der Waals surface area (Å²) in [5.74, 6) is -1.08. The molecule has 0 aliphatic heterocycles. The highest BCUT2D eigenvalue weighted by atomic mass is 32.1. The maximum Gasteiger partial charge on any atom is 0.387 e. The Labute approximate surface area is 150 Å². The number of allylic oxidation sites excluding steroid dienone is 1. The topological polar surface area (TPSA) is 98.1 Å². The summed E-state index contributed by atoms with van der Waals surface area (Å²) < 4.78 is 30.9. The van der Waals surface area contributed by atoms with Crippen LogP contribution in [-0.4, -0.2) is 17.1 Å². The zero-order chi connectivity index (χ0) is 19.3. The molecule has 0 radical (unpaired) electrons. The molecule has 1 aromatic carbocycles. The summed E-state index contributed by atoms with van der Waals surface area (Å²) in [4.78, 5) is 24.0. The minimum Gasteiger partial charge on any atom is -0.434 e. The van der Waals surface area contributed by atoms with Gasteiger partial charge in [-0.25, -0.2) is 0 Å². The molecule has 6 nitrogen and oxygen atoms in total. The predicted octanol–water partition coefficient (Wildman–Crippen LogP) is 0.686. The van der Waals surface area contributed by atoms with Gasteiger partial charge in [0.2, 0.25) is 0 Å². The van der Waals surface area contributed by atoms with Crippen molar-refractivity contribution in [3.8, 4) is 11.8 Å². The van der Waals surface area contributed by atoms with Gasteiger partial charge in [-0.15, -0.1) is 17.9 Å². The number of alkyl halides is 2. The lowest BCUT2D eigenvalue weighted by atomic mass is 10.2. The number of nitrogens with two attached hydrogens (primary N) is 1. The summed E-state index contributed by atoms with van der Waals surface area (Å²) in [5.41, 5.74) is 4.56. The van der Waals surface area contributed by atoms with Crippen LogP contribution >= 0.6 is 11.3 Å². The van der Waals surface area contributed by atoms with Crippen molar-refractivity contribution in [2.24, 2.45) is 5.73 Å². The lowest BCUT2D eigenvalue weighted by Crippen LogP contribution is -2.33. The maximum atomic E-state index is 12.6. The van der Waals surface area contributed by atoms with Gasteiger partial charge in [0, 0.05) is 12.1 Å². The van der Waals surface area contributed by atoms with Crippen LogP contribution in [0.25, 0.3) is 11.6 Å². The fourth-order valence-electron chi connectivity index (χ4n) is 2.15. The number of rotatable bonds is 6. The molecule has 1 aromatic heterocycles. The summed E-state index contributed by atoms with van der Waals surface area (Å²) in [5, 5.41) is 9.14. The number of carbonyl (C=O) groups excluding carboxylic acids is 1. The zero-order valence-electron chi connectivity index (χ0n) is 13.3. The van der Waals surface area contributed by atoms with Crippen molar-refractivity contribution >= 4 is 28.9 Å². The highest BCUT2D eigenvalue weighted by Crippen LogP contribution is 2.20. The Kier molecular flexibility index (Phi) is 6.03. The van der Waals surface area contributed by atoms with E-state index < -0.39 is 18.1 Å². The van der Waals surface area contributed by atoms with Crippen LogP contribution in [0, 0.1) is 11.3 Å². The van der Waals surface area contributed by atoms with Crippen molar-refractivity contribution in [3.05, 3.63) is 62.0 Å². The van der Waals surface area contributed by atoms with Crippen LogP contribution in [0.4, 0.5) is 8.78 Å². The highest BCUT2D eigenvalue weighted by molar-refractivity contribution is 7.07. The molecule has 0 atom stereocenters. The number of para-hydroxylation sites is 1. The second-order valence-electron chi connectivity index (χ2n) is 4.89. The second kappa shape index (κ2) is 8.22. The van der Waals surface area contributed by atoms with Crippen molar-refractivity contribution in [3.63, 3.8) is 0 Å². The summed E-state index contributed by atoms with van der Waals surface area (Å²) in [7, 11) is 0. The molecule has 134 valence electrons. The highest BCUT2D eigenvalue weighted by Gasteiger charge is 2.13. The number of ether oxygens (including phenoxy) is 1. The smallest absolute Gasteiger partial charge is 0.387 e. The number of thiazole rings is 1. The maximum absolute atomic E-state index is 12.6. The van der Waals surface area contributed by atoms with Crippen LogP contribution in [0.15, 0.2) is 41.7 Å². The molecule has 0 aliphatic rings. The third-order valence-corrected chi connectivity index (χ3v) is 4.34. The van der Waals surface area contributed by atoms with Gasteiger partial charge < -0.3 is 10.5 Å². The normalized spacial score (nSPS) is 12.6. The average Bonchev–Trinajstić information content (AvgIpc) is 2.86. The van der Waals surface area contributed by atoms with Gasteiger partial charge in [-0.3, -0.25) is 14.2 Å². The standard InChI is InChI=1S/C17H13F2N3O3S/c1-2-7-22-15(24)13(26-16(22)11(9-20)14(21)23)8-10-5-3-4-6-12(10)25-17(18)19/h2-6,8,17H,1,7H2,(H2,21,23)/b13-8-,16-11+. The molecular weight excluding hydrogens is 364 g/mol. The number of carbonyl (C=O) groups is 1. The number of aromatic nitrogens is 1.